The van der Waals surface area contributed by atoms with Crippen LogP contribution in [-0.4, -0.2) is 54.1 Å². The van der Waals surface area contributed by atoms with Gasteiger partial charge in [-0.15, -0.1) is 10.2 Å². The van der Waals surface area contributed by atoms with Crippen LogP contribution in [0.4, 0.5) is 21.7 Å². The van der Waals surface area contributed by atoms with E-state index in [0.29, 0.717) is 24.7 Å². The Morgan fingerprint density at radius 2 is 1.70 bits per heavy atom. The van der Waals surface area contributed by atoms with Crippen LogP contribution in [0.5, 0.6) is 0 Å². The highest BCUT2D eigenvalue weighted by Crippen LogP contribution is 2.24. The Kier molecular flexibility index (Phi) is 5.80. The molecule has 1 aliphatic rings. The van der Waals surface area contributed by atoms with E-state index < -0.39 is 15.8 Å². The number of nitrogens with one attached hydrogen (secondary N) is 1. The van der Waals surface area contributed by atoms with E-state index >= 15 is 0 Å². The van der Waals surface area contributed by atoms with E-state index in [1.54, 1.807) is 12.4 Å². The molecule has 1 N–H and O–H groups in total. The average molecular weight is 449 g/mol. The number of anilines is 3. The van der Waals surface area contributed by atoms with Gasteiger partial charge in [0, 0.05) is 44.3 Å². The molecule has 11 heteroatoms. The number of pyridine rings is 1. The summed E-state index contributed by atoms with van der Waals surface area (Å²) in [7, 11) is -3.74. The van der Waals surface area contributed by atoms with Gasteiger partial charge in [0.2, 0.25) is 10.0 Å². The van der Waals surface area contributed by atoms with Crippen LogP contribution >= 0.6 is 11.6 Å². The van der Waals surface area contributed by atoms with E-state index in [2.05, 4.69) is 20.5 Å². The quantitative estimate of drug-likeness (QED) is 0.641. The molecule has 1 fully saturated rings. The van der Waals surface area contributed by atoms with Crippen molar-refractivity contribution in [2.45, 2.75) is 4.90 Å². The minimum atomic E-state index is -3.74. The average Bonchev–Trinajstić information content (AvgIpc) is 2.77. The predicted octanol–water partition coefficient (Wildman–Crippen LogP) is 2.92. The van der Waals surface area contributed by atoms with Gasteiger partial charge in [-0.1, -0.05) is 11.6 Å². The molecule has 0 aliphatic carbocycles. The van der Waals surface area contributed by atoms with Crippen LogP contribution < -0.4 is 10.2 Å². The van der Waals surface area contributed by atoms with Crippen molar-refractivity contribution in [3.63, 3.8) is 0 Å². The molecule has 0 unspecified atom stereocenters. The lowest BCUT2D eigenvalue weighted by atomic mass is 10.3. The zero-order valence-corrected chi connectivity index (χ0v) is 17.3. The molecule has 1 aromatic carbocycles. The standard InChI is InChI=1S/C19H18ClFN6O2S/c20-16-13-15(1-2-17(16)21)30(28,29)27-11-9-26(10-12-27)19-4-3-18(24-25-19)23-14-5-7-22-8-6-14/h1-8,13H,9-12H2,(H,22,23,24). The van der Waals surface area contributed by atoms with Crippen molar-refractivity contribution in [2.75, 3.05) is 36.4 Å². The minimum absolute atomic E-state index is 0.0197. The van der Waals surface area contributed by atoms with Gasteiger partial charge in [-0.3, -0.25) is 4.98 Å². The number of aromatic nitrogens is 3. The number of benzene rings is 1. The third-order valence-corrected chi connectivity index (χ3v) is 6.88. The molecule has 0 spiro atoms. The first-order chi connectivity index (χ1) is 14.4. The largest absolute Gasteiger partial charge is 0.352 e. The Hall–Kier alpha value is -2.82. The molecule has 0 radical (unpaired) electrons. The van der Waals surface area contributed by atoms with E-state index in [0.717, 1.165) is 17.8 Å². The first-order valence-corrected chi connectivity index (χ1v) is 11.0. The van der Waals surface area contributed by atoms with Gasteiger partial charge < -0.3 is 10.2 Å². The molecule has 8 nitrogen and oxygen atoms in total. The Bertz CT molecular complexity index is 1120. The van der Waals surface area contributed by atoms with Gasteiger partial charge in [0.1, 0.15) is 5.82 Å². The van der Waals surface area contributed by atoms with E-state index in [4.69, 9.17) is 11.6 Å². The second-order valence-electron chi connectivity index (χ2n) is 6.60. The topological polar surface area (TPSA) is 91.3 Å². The first kappa shape index (κ1) is 20.5. The number of hydrogen-bond acceptors (Lipinski definition) is 7. The predicted molar refractivity (Wildman–Crippen MR) is 112 cm³/mol. The van der Waals surface area contributed by atoms with Crippen molar-refractivity contribution in [1.82, 2.24) is 19.5 Å². The van der Waals surface area contributed by atoms with Crippen molar-refractivity contribution in [3.05, 3.63) is 65.7 Å². The van der Waals surface area contributed by atoms with Gasteiger partial charge in [0.05, 0.1) is 9.92 Å². The minimum Gasteiger partial charge on any atom is -0.352 e. The molecule has 0 saturated carbocycles. The second-order valence-corrected chi connectivity index (χ2v) is 8.95. The molecule has 3 aromatic rings. The lowest BCUT2D eigenvalue weighted by Gasteiger charge is -2.34. The molecule has 156 valence electrons. The summed E-state index contributed by atoms with van der Waals surface area (Å²) in [6, 6.07) is 10.7. The SMILES string of the molecule is O=S(=O)(c1ccc(F)c(Cl)c1)N1CCN(c2ccc(Nc3ccncc3)nn2)CC1. The molecule has 0 atom stereocenters. The van der Waals surface area contributed by atoms with E-state index in [9.17, 15) is 12.8 Å². The van der Waals surface area contributed by atoms with Crippen molar-refractivity contribution < 1.29 is 12.8 Å². The van der Waals surface area contributed by atoms with Crippen LogP contribution in [0.1, 0.15) is 0 Å². The summed E-state index contributed by atoms with van der Waals surface area (Å²) in [5.74, 6) is 0.609. The number of piperazine rings is 1. The zero-order chi connectivity index (χ0) is 21.1. The molecule has 0 bridgehead atoms. The summed E-state index contributed by atoms with van der Waals surface area (Å²) >= 11 is 5.74. The molecular weight excluding hydrogens is 431 g/mol. The van der Waals surface area contributed by atoms with Crippen molar-refractivity contribution in [2.24, 2.45) is 0 Å². The lowest BCUT2D eigenvalue weighted by Crippen LogP contribution is -2.49. The fraction of sp³-hybridized carbons (Fsp3) is 0.211. The summed E-state index contributed by atoms with van der Waals surface area (Å²) in [6.07, 6.45) is 3.36. The van der Waals surface area contributed by atoms with Gasteiger partial charge in [0.25, 0.3) is 0 Å². The number of rotatable bonds is 5. The van der Waals surface area contributed by atoms with Crippen LogP contribution in [0.15, 0.2) is 59.8 Å². The van der Waals surface area contributed by atoms with Crippen molar-refractivity contribution >= 4 is 38.9 Å². The maximum absolute atomic E-state index is 13.4. The fourth-order valence-corrected chi connectivity index (χ4v) is 4.78. The molecule has 0 amide bonds. The highest BCUT2D eigenvalue weighted by atomic mass is 35.5. The lowest BCUT2D eigenvalue weighted by molar-refractivity contribution is 0.383. The first-order valence-electron chi connectivity index (χ1n) is 9.14. The Morgan fingerprint density at radius 1 is 0.967 bits per heavy atom. The van der Waals surface area contributed by atoms with E-state index in [1.807, 2.05) is 29.2 Å². The number of hydrogen-bond donors (Lipinski definition) is 1. The van der Waals surface area contributed by atoms with Gasteiger partial charge in [-0.25, -0.2) is 12.8 Å². The summed E-state index contributed by atoms with van der Waals surface area (Å²) in [6.45, 7) is 1.46. The van der Waals surface area contributed by atoms with E-state index in [-0.39, 0.29) is 23.0 Å². The van der Waals surface area contributed by atoms with Gasteiger partial charge >= 0.3 is 0 Å². The summed E-state index contributed by atoms with van der Waals surface area (Å²) in [5, 5.41) is 11.3. The van der Waals surface area contributed by atoms with Crippen LogP contribution in [0.2, 0.25) is 5.02 Å². The van der Waals surface area contributed by atoms with Gasteiger partial charge in [0.15, 0.2) is 11.6 Å². The fourth-order valence-electron chi connectivity index (χ4n) is 3.09. The van der Waals surface area contributed by atoms with Crippen LogP contribution in [-0.2, 0) is 10.0 Å². The van der Waals surface area contributed by atoms with Crippen molar-refractivity contribution in [3.8, 4) is 0 Å². The third-order valence-electron chi connectivity index (χ3n) is 4.69. The van der Waals surface area contributed by atoms with Crippen molar-refractivity contribution in [1.29, 1.82) is 0 Å². The normalized spacial score (nSPS) is 15.2. The highest BCUT2D eigenvalue weighted by molar-refractivity contribution is 7.89. The Labute approximate surface area is 178 Å². The van der Waals surface area contributed by atoms with Crippen LogP contribution in [0.25, 0.3) is 0 Å². The monoisotopic (exact) mass is 448 g/mol. The maximum atomic E-state index is 13.4. The smallest absolute Gasteiger partial charge is 0.243 e. The number of nitrogens with zero attached hydrogens (tertiary/aromatic N) is 5. The zero-order valence-electron chi connectivity index (χ0n) is 15.7. The molecule has 30 heavy (non-hydrogen) atoms. The van der Waals surface area contributed by atoms with Gasteiger partial charge in [-0.2, -0.15) is 4.31 Å². The Balaban J connectivity index is 1.40. The van der Waals surface area contributed by atoms with Crippen LogP contribution in [0, 0.1) is 5.82 Å². The maximum Gasteiger partial charge on any atom is 0.243 e. The molecule has 3 heterocycles. The molecular formula is C19H18ClFN6O2S. The van der Waals surface area contributed by atoms with E-state index in [1.165, 1.54) is 10.4 Å². The third kappa shape index (κ3) is 4.35. The molecule has 4 rings (SSSR count). The summed E-state index contributed by atoms with van der Waals surface area (Å²) < 4.78 is 40.3. The van der Waals surface area contributed by atoms with Gasteiger partial charge in [-0.05, 0) is 42.5 Å². The number of sulfonamides is 1. The molecule has 1 saturated heterocycles. The molecule has 1 aliphatic heterocycles. The highest BCUT2D eigenvalue weighted by Gasteiger charge is 2.29. The molecule has 2 aromatic heterocycles. The Morgan fingerprint density at radius 3 is 2.33 bits per heavy atom. The van der Waals surface area contributed by atoms with Crippen LogP contribution in [0.3, 0.4) is 0 Å². The second kappa shape index (κ2) is 8.50. The summed E-state index contributed by atoms with van der Waals surface area (Å²) in [4.78, 5) is 5.91. The summed E-state index contributed by atoms with van der Waals surface area (Å²) in [5.41, 5.74) is 0.853. The number of halogens is 2.